The van der Waals surface area contributed by atoms with Gasteiger partial charge in [-0.1, -0.05) is 38.3 Å². The van der Waals surface area contributed by atoms with Gasteiger partial charge in [0.2, 0.25) is 0 Å². The minimum Gasteiger partial charge on any atom is -0.391 e. The van der Waals surface area contributed by atoms with Gasteiger partial charge < -0.3 is 10.4 Å². The van der Waals surface area contributed by atoms with Crippen LogP contribution in [0.2, 0.25) is 5.15 Å². The molecule has 0 saturated heterocycles. The van der Waals surface area contributed by atoms with Gasteiger partial charge in [0, 0.05) is 12.0 Å². The third-order valence-corrected chi connectivity index (χ3v) is 3.48. The Labute approximate surface area is 113 Å². The van der Waals surface area contributed by atoms with Crippen molar-refractivity contribution in [1.82, 2.24) is 9.97 Å². The lowest BCUT2D eigenvalue weighted by molar-refractivity contribution is 0.116. The second kappa shape index (κ2) is 5.85. The summed E-state index contributed by atoms with van der Waals surface area (Å²) in [5.41, 5.74) is 0. The summed E-state index contributed by atoms with van der Waals surface area (Å²) in [6.07, 6.45) is 3.77. The minimum absolute atomic E-state index is 0.0738. The van der Waals surface area contributed by atoms with Crippen LogP contribution >= 0.6 is 11.6 Å². The molecule has 2 N–H and O–H groups in total. The van der Waals surface area contributed by atoms with Crippen LogP contribution < -0.4 is 5.32 Å². The number of aliphatic hydroxyl groups excluding tert-OH is 1. The van der Waals surface area contributed by atoms with Crippen LogP contribution in [0.4, 0.5) is 5.82 Å². The fourth-order valence-electron chi connectivity index (χ4n) is 2.24. The molecule has 4 nitrogen and oxygen atoms in total. The van der Waals surface area contributed by atoms with Crippen molar-refractivity contribution in [3.05, 3.63) is 17.0 Å². The number of halogens is 1. The molecule has 2 rings (SSSR count). The molecule has 0 amide bonds. The molecule has 1 aromatic rings. The molecule has 0 bridgehead atoms. The average Bonchev–Trinajstić information content (AvgIpc) is 2.31. The van der Waals surface area contributed by atoms with Crippen LogP contribution in [0.15, 0.2) is 6.07 Å². The van der Waals surface area contributed by atoms with Gasteiger partial charge in [0.1, 0.15) is 16.8 Å². The number of rotatable bonds is 3. The van der Waals surface area contributed by atoms with Crippen LogP contribution in [0.3, 0.4) is 0 Å². The van der Waals surface area contributed by atoms with Gasteiger partial charge in [0.15, 0.2) is 0 Å². The van der Waals surface area contributed by atoms with E-state index in [2.05, 4.69) is 15.3 Å². The van der Waals surface area contributed by atoms with E-state index in [1.54, 1.807) is 6.07 Å². The molecule has 1 saturated carbocycles. The molecule has 1 aliphatic carbocycles. The number of hydrogen-bond donors (Lipinski definition) is 2. The molecule has 0 spiro atoms. The van der Waals surface area contributed by atoms with Crippen LogP contribution in [0.1, 0.15) is 51.3 Å². The first-order valence-electron chi connectivity index (χ1n) is 6.55. The largest absolute Gasteiger partial charge is 0.391 e. The quantitative estimate of drug-likeness (QED) is 0.829. The smallest absolute Gasteiger partial charge is 0.135 e. The van der Waals surface area contributed by atoms with Crippen LogP contribution in [0, 0.1) is 0 Å². The Morgan fingerprint density at radius 3 is 2.72 bits per heavy atom. The van der Waals surface area contributed by atoms with Crippen molar-refractivity contribution in [1.29, 1.82) is 0 Å². The molecule has 0 aliphatic heterocycles. The van der Waals surface area contributed by atoms with Gasteiger partial charge in [-0.3, -0.25) is 0 Å². The van der Waals surface area contributed by atoms with E-state index in [0.717, 1.165) is 31.5 Å². The fourth-order valence-corrected chi connectivity index (χ4v) is 2.43. The molecule has 5 heteroatoms. The average molecular weight is 270 g/mol. The van der Waals surface area contributed by atoms with E-state index in [4.69, 9.17) is 11.6 Å². The van der Waals surface area contributed by atoms with Crippen LogP contribution in [0.5, 0.6) is 0 Å². The summed E-state index contributed by atoms with van der Waals surface area (Å²) in [6, 6.07) is 1.79. The molecule has 0 aromatic carbocycles. The summed E-state index contributed by atoms with van der Waals surface area (Å²) in [5, 5.41) is 13.7. The standard InChI is InChI=1S/C13H20ClN3O/c1-8(2)13-16-11(14)7-12(17-13)15-9-5-3-4-6-10(9)18/h7-10,18H,3-6H2,1-2H3,(H,15,16,17). The van der Waals surface area contributed by atoms with E-state index in [9.17, 15) is 5.11 Å². The van der Waals surface area contributed by atoms with Gasteiger partial charge >= 0.3 is 0 Å². The van der Waals surface area contributed by atoms with Crippen LogP contribution in [-0.4, -0.2) is 27.2 Å². The molecule has 1 aliphatic rings. The highest BCUT2D eigenvalue weighted by Gasteiger charge is 2.23. The number of nitrogens with one attached hydrogen (secondary N) is 1. The van der Waals surface area contributed by atoms with Crippen molar-refractivity contribution < 1.29 is 5.11 Å². The monoisotopic (exact) mass is 269 g/mol. The molecule has 18 heavy (non-hydrogen) atoms. The lowest BCUT2D eigenvalue weighted by atomic mass is 9.92. The number of nitrogens with zero attached hydrogens (tertiary/aromatic N) is 2. The molecule has 1 aromatic heterocycles. The molecule has 2 atom stereocenters. The lowest BCUT2D eigenvalue weighted by Gasteiger charge is -2.28. The van der Waals surface area contributed by atoms with Gasteiger partial charge in [-0.2, -0.15) is 0 Å². The third-order valence-electron chi connectivity index (χ3n) is 3.29. The highest BCUT2D eigenvalue weighted by molar-refractivity contribution is 6.29. The van der Waals surface area contributed by atoms with Gasteiger partial charge in [-0.05, 0) is 12.8 Å². The molecular weight excluding hydrogens is 250 g/mol. The van der Waals surface area contributed by atoms with Gasteiger partial charge in [-0.25, -0.2) is 9.97 Å². The predicted octanol–water partition coefficient (Wildman–Crippen LogP) is 2.97. The Hall–Kier alpha value is -0.870. The Balaban J connectivity index is 2.12. The zero-order valence-electron chi connectivity index (χ0n) is 10.9. The zero-order chi connectivity index (χ0) is 13.1. The summed E-state index contributed by atoms with van der Waals surface area (Å²) < 4.78 is 0. The van der Waals surface area contributed by atoms with Crippen molar-refractivity contribution in [2.24, 2.45) is 0 Å². The number of aliphatic hydroxyl groups is 1. The van der Waals surface area contributed by atoms with Crippen molar-refractivity contribution in [3.8, 4) is 0 Å². The molecule has 100 valence electrons. The topological polar surface area (TPSA) is 58.0 Å². The number of hydrogen-bond acceptors (Lipinski definition) is 4. The fraction of sp³-hybridized carbons (Fsp3) is 0.692. The Morgan fingerprint density at radius 2 is 2.06 bits per heavy atom. The maximum atomic E-state index is 9.94. The SMILES string of the molecule is CC(C)c1nc(Cl)cc(NC2CCCCC2O)n1. The van der Waals surface area contributed by atoms with E-state index in [-0.39, 0.29) is 18.1 Å². The maximum Gasteiger partial charge on any atom is 0.135 e. The highest BCUT2D eigenvalue weighted by Crippen LogP contribution is 2.23. The van der Waals surface area contributed by atoms with E-state index in [0.29, 0.717) is 11.0 Å². The molecule has 2 unspecified atom stereocenters. The molecule has 0 radical (unpaired) electrons. The molecule has 1 fully saturated rings. The number of anilines is 1. The first kappa shape index (κ1) is 13.6. The van der Waals surface area contributed by atoms with Crippen molar-refractivity contribution >= 4 is 17.4 Å². The summed E-state index contributed by atoms with van der Waals surface area (Å²) in [5.74, 6) is 1.68. The first-order valence-corrected chi connectivity index (χ1v) is 6.93. The van der Waals surface area contributed by atoms with Crippen LogP contribution in [0.25, 0.3) is 0 Å². The van der Waals surface area contributed by atoms with Crippen LogP contribution in [-0.2, 0) is 0 Å². The van der Waals surface area contributed by atoms with Gasteiger partial charge in [0.25, 0.3) is 0 Å². The zero-order valence-corrected chi connectivity index (χ0v) is 11.6. The Bertz CT molecular complexity index is 411. The van der Waals surface area contributed by atoms with E-state index < -0.39 is 0 Å². The minimum atomic E-state index is -0.296. The summed E-state index contributed by atoms with van der Waals surface area (Å²) in [4.78, 5) is 8.64. The third kappa shape index (κ3) is 3.33. The first-order chi connectivity index (χ1) is 8.56. The Morgan fingerprint density at radius 1 is 1.33 bits per heavy atom. The summed E-state index contributed by atoms with van der Waals surface area (Å²) in [7, 11) is 0. The molecular formula is C13H20ClN3O. The second-order valence-electron chi connectivity index (χ2n) is 5.19. The lowest BCUT2D eigenvalue weighted by Crippen LogP contribution is -2.36. The van der Waals surface area contributed by atoms with E-state index >= 15 is 0 Å². The van der Waals surface area contributed by atoms with Crippen molar-refractivity contribution in [2.45, 2.75) is 57.6 Å². The van der Waals surface area contributed by atoms with Gasteiger partial charge in [0.05, 0.1) is 12.1 Å². The summed E-state index contributed by atoms with van der Waals surface area (Å²) >= 11 is 5.99. The van der Waals surface area contributed by atoms with E-state index in [1.807, 2.05) is 13.8 Å². The predicted molar refractivity (Wildman–Crippen MR) is 73.0 cm³/mol. The maximum absolute atomic E-state index is 9.94. The highest BCUT2D eigenvalue weighted by atomic mass is 35.5. The van der Waals surface area contributed by atoms with E-state index in [1.165, 1.54) is 0 Å². The molecule has 1 heterocycles. The van der Waals surface area contributed by atoms with Crippen molar-refractivity contribution in [3.63, 3.8) is 0 Å². The van der Waals surface area contributed by atoms with Gasteiger partial charge in [-0.15, -0.1) is 0 Å². The van der Waals surface area contributed by atoms with Crippen molar-refractivity contribution in [2.75, 3.05) is 5.32 Å². The number of aromatic nitrogens is 2. The second-order valence-corrected chi connectivity index (χ2v) is 5.58. The summed E-state index contributed by atoms with van der Waals surface area (Å²) in [6.45, 7) is 4.07. The Kier molecular flexibility index (Phi) is 4.40. The normalized spacial score (nSPS) is 24.3.